The average molecular weight is 386 g/mol. The highest BCUT2D eigenvalue weighted by atomic mass is 16.5. The number of amides is 1. The van der Waals surface area contributed by atoms with E-state index in [4.69, 9.17) is 4.52 Å². The second kappa shape index (κ2) is 9.80. The fourth-order valence-corrected chi connectivity index (χ4v) is 3.73. The zero-order valence-corrected chi connectivity index (χ0v) is 17.2. The minimum absolute atomic E-state index is 0.197. The second-order valence-electron chi connectivity index (χ2n) is 7.09. The molecule has 2 heterocycles. The van der Waals surface area contributed by atoms with Crippen molar-refractivity contribution in [3.05, 3.63) is 47.6 Å². The summed E-state index contributed by atoms with van der Waals surface area (Å²) in [4.78, 5) is 24.3. The Kier molecular flexibility index (Phi) is 7.17. The first kappa shape index (κ1) is 20.5. The number of carbonyl (C=O) groups excluding carboxylic acids is 1. The molecule has 0 N–H and O–H groups in total. The van der Waals surface area contributed by atoms with Crippen LogP contribution < -0.4 is 0 Å². The smallest absolute Gasteiger partial charge is 0.244 e. The summed E-state index contributed by atoms with van der Waals surface area (Å²) >= 11 is 0. The third kappa shape index (κ3) is 4.77. The van der Waals surface area contributed by atoms with E-state index >= 15 is 0 Å². The van der Waals surface area contributed by atoms with Crippen molar-refractivity contribution in [2.45, 2.75) is 39.8 Å². The Labute approximate surface area is 167 Å². The molecule has 0 aliphatic carbocycles. The van der Waals surface area contributed by atoms with Crippen molar-refractivity contribution in [2.75, 3.05) is 39.3 Å². The van der Waals surface area contributed by atoms with E-state index in [9.17, 15) is 4.79 Å². The zero-order valence-electron chi connectivity index (χ0n) is 17.2. The van der Waals surface area contributed by atoms with E-state index in [0.29, 0.717) is 12.4 Å². The van der Waals surface area contributed by atoms with Gasteiger partial charge in [-0.3, -0.25) is 14.6 Å². The van der Waals surface area contributed by atoms with Crippen LogP contribution in [0.1, 0.15) is 44.1 Å². The molecule has 3 rings (SSSR count). The van der Waals surface area contributed by atoms with E-state index < -0.39 is 0 Å². The maximum absolute atomic E-state index is 13.4. The van der Waals surface area contributed by atoms with Crippen molar-refractivity contribution >= 4 is 5.91 Å². The van der Waals surface area contributed by atoms with Gasteiger partial charge >= 0.3 is 0 Å². The van der Waals surface area contributed by atoms with Gasteiger partial charge in [-0.05, 0) is 18.7 Å². The molecule has 1 aromatic heterocycles. The summed E-state index contributed by atoms with van der Waals surface area (Å²) in [6, 6.07) is 9.90. The van der Waals surface area contributed by atoms with Gasteiger partial charge < -0.3 is 9.42 Å². The quantitative estimate of drug-likeness (QED) is 0.695. The summed E-state index contributed by atoms with van der Waals surface area (Å²) < 4.78 is 5.19. The number of rotatable bonds is 8. The molecule has 7 nitrogen and oxygen atoms in total. The van der Waals surface area contributed by atoms with E-state index in [1.807, 2.05) is 30.0 Å². The van der Waals surface area contributed by atoms with Crippen LogP contribution in [0.25, 0.3) is 0 Å². The molecular weight excluding hydrogens is 354 g/mol. The normalized spacial score (nSPS) is 16.5. The zero-order chi connectivity index (χ0) is 19.9. The summed E-state index contributed by atoms with van der Waals surface area (Å²) in [6.45, 7) is 11.7. The van der Waals surface area contributed by atoms with Crippen LogP contribution in [0.15, 0.2) is 34.9 Å². The van der Waals surface area contributed by atoms with Crippen LogP contribution in [0, 0.1) is 0 Å². The molecule has 0 bridgehead atoms. The maximum atomic E-state index is 13.4. The van der Waals surface area contributed by atoms with E-state index in [2.05, 4.69) is 45.9 Å². The molecule has 1 unspecified atom stereocenters. The molecule has 0 saturated carbocycles. The van der Waals surface area contributed by atoms with Crippen molar-refractivity contribution in [3.63, 3.8) is 0 Å². The SMILES string of the molecule is CCc1nc(CN2CCN(C(=O)C(c3ccccc3)N(CC)CC)CC2)no1. The highest BCUT2D eigenvalue weighted by Crippen LogP contribution is 2.24. The van der Waals surface area contributed by atoms with Gasteiger partial charge in [-0.15, -0.1) is 0 Å². The molecule has 28 heavy (non-hydrogen) atoms. The van der Waals surface area contributed by atoms with Gasteiger partial charge in [0.2, 0.25) is 11.8 Å². The Hall–Kier alpha value is -2.25. The summed E-state index contributed by atoms with van der Waals surface area (Å²) in [7, 11) is 0. The maximum Gasteiger partial charge on any atom is 0.244 e. The van der Waals surface area contributed by atoms with Crippen LogP contribution in [0.2, 0.25) is 0 Å². The Morgan fingerprint density at radius 2 is 1.79 bits per heavy atom. The Bertz CT molecular complexity index is 736. The first-order valence-corrected chi connectivity index (χ1v) is 10.3. The van der Waals surface area contributed by atoms with E-state index in [1.165, 1.54) is 0 Å². The summed E-state index contributed by atoms with van der Waals surface area (Å²) in [6.07, 6.45) is 0.751. The predicted octanol–water partition coefficient (Wildman–Crippen LogP) is 2.36. The van der Waals surface area contributed by atoms with Crippen LogP contribution in [0.5, 0.6) is 0 Å². The summed E-state index contributed by atoms with van der Waals surface area (Å²) in [5.41, 5.74) is 1.07. The van der Waals surface area contributed by atoms with Crippen molar-refractivity contribution in [2.24, 2.45) is 0 Å². The lowest BCUT2D eigenvalue weighted by atomic mass is 10.0. The Morgan fingerprint density at radius 3 is 2.36 bits per heavy atom. The molecule has 1 aliphatic rings. The standard InChI is InChI=1S/C21H31N5O2/c1-4-19-22-18(23-28-19)16-24-12-14-26(15-13-24)21(27)20(25(5-2)6-3)17-10-8-7-9-11-17/h7-11,20H,4-6,12-16H2,1-3H3. The lowest BCUT2D eigenvalue weighted by Gasteiger charge is -2.38. The minimum atomic E-state index is -0.216. The lowest BCUT2D eigenvalue weighted by molar-refractivity contribution is -0.139. The van der Waals surface area contributed by atoms with Gasteiger partial charge in [0.1, 0.15) is 6.04 Å². The number of hydrogen-bond acceptors (Lipinski definition) is 6. The largest absolute Gasteiger partial charge is 0.339 e. The average Bonchev–Trinajstić information content (AvgIpc) is 3.20. The third-order valence-corrected chi connectivity index (χ3v) is 5.39. The predicted molar refractivity (Wildman–Crippen MR) is 108 cm³/mol. The highest BCUT2D eigenvalue weighted by molar-refractivity contribution is 5.83. The number of likely N-dealkylation sites (N-methyl/N-ethyl adjacent to an activating group) is 1. The Balaban J connectivity index is 1.63. The summed E-state index contributed by atoms with van der Waals surface area (Å²) in [5, 5.41) is 4.03. The minimum Gasteiger partial charge on any atom is -0.339 e. The van der Waals surface area contributed by atoms with Crippen LogP contribution in [0.3, 0.4) is 0 Å². The van der Waals surface area contributed by atoms with Gasteiger partial charge in [0, 0.05) is 32.6 Å². The molecule has 1 saturated heterocycles. The topological polar surface area (TPSA) is 65.7 Å². The number of hydrogen-bond donors (Lipinski definition) is 0. The van der Waals surface area contributed by atoms with Crippen LogP contribution in [0.4, 0.5) is 0 Å². The molecule has 2 aromatic rings. The second-order valence-corrected chi connectivity index (χ2v) is 7.09. The monoisotopic (exact) mass is 385 g/mol. The molecule has 1 atom stereocenters. The third-order valence-electron chi connectivity index (χ3n) is 5.39. The Morgan fingerprint density at radius 1 is 1.11 bits per heavy atom. The first-order valence-electron chi connectivity index (χ1n) is 10.3. The molecule has 1 aliphatic heterocycles. The number of piperazine rings is 1. The molecular formula is C21H31N5O2. The van der Waals surface area contributed by atoms with Crippen LogP contribution in [-0.4, -0.2) is 70.0 Å². The molecule has 7 heteroatoms. The number of nitrogens with zero attached hydrogens (tertiary/aromatic N) is 5. The van der Waals surface area contributed by atoms with Crippen molar-refractivity contribution in [1.82, 2.24) is 24.8 Å². The number of benzene rings is 1. The number of aromatic nitrogens is 2. The molecule has 152 valence electrons. The van der Waals surface area contributed by atoms with E-state index in [0.717, 1.165) is 57.1 Å². The number of carbonyl (C=O) groups is 1. The van der Waals surface area contributed by atoms with Crippen LogP contribution >= 0.6 is 0 Å². The van der Waals surface area contributed by atoms with Gasteiger partial charge in [-0.2, -0.15) is 4.98 Å². The molecule has 1 amide bonds. The molecule has 0 radical (unpaired) electrons. The van der Waals surface area contributed by atoms with Gasteiger partial charge in [0.15, 0.2) is 5.82 Å². The fraction of sp³-hybridized carbons (Fsp3) is 0.571. The first-order chi connectivity index (χ1) is 13.7. The van der Waals surface area contributed by atoms with Crippen molar-refractivity contribution in [1.29, 1.82) is 0 Å². The van der Waals surface area contributed by atoms with Crippen molar-refractivity contribution < 1.29 is 9.32 Å². The summed E-state index contributed by atoms with van der Waals surface area (Å²) in [5.74, 6) is 1.60. The molecule has 1 aromatic carbocycles. The highest BCUT2D eigenvalue weighted by Gasteiger charge is 2.31. The van der Waals surface area contributed by atoms with E-state index in [-0.39, 0.29) is 11.9 Å². The van der Waals surface area contributed by atoms with Gasteiger partial charge in [0.05, 0.1) is 6.54 Å². The molecule has 1 fully saturated rings. The lowest BCUT2D eigenvalue weighted by Crippen LogP contribution is -2.52. The van der Waals surface area contributed by atoms with Crippen molar-refractivity contribution in [3.8, 4) is 0 Å². The van der Waals surface area contributed by atoms with Crippen LogP contribution in [-0.2, 0) is 17.8 Å². The van der Waals surface area contributed by atoms with Gasteiger partial charge in [-0.25, -0.2) is 0 Å². The number of aryl methyl sites for hydroxylation is 1. The fourth-order valence-electron chi connectivity index (χ4n) is 3.73. The van der Waals surface area contributed by atoms with Gasteiger partial charge in [-0.1, -0.05) is 56.3 Å². The van der Waals surface area contributed by atoms with E-state index in [1.54, 1.807) is 0 Å². The van der Waals surface area contributed by atoms with Gasteiger partial charge in [0.25, 0.3) is 0 Å². The molecule has 0 spiro atoms.